The van der Waals surface area contributed by atoms with Crippen molar-refractivity contribution in [3.8, 4) is 0 Å². The van der Waals surface area contributed by atoms with Crippen molar-refractivity contribution in [2.45, 2.75) is 19.0 Å². The third-order valence-electron chi connectivity index (χ3n) is 3.09. The van der Waals surface area contributed by atoms with Crippen LogP contribution in [0.4, 0.5) is 8.78 Å². The molecule has 4 heteroatoms. The molecule has 88 valence electrons. The highest BCUT2D eigenvalue weighted by molar-refractivity contribution is 5.18. The van der Waals surface area contributed by atoms with Gasteiger partial charge < -0.3 is 5.32 Å². The predicted molar refractivity (Wildman–Crippen MR) is 59.1 cm³/mol. The van der Waals surface area contributed by atoms with E-state index in [1.54, 1.807) is 0 Å². The van der Waals surface area contributed by atoms with E-state index < -0.39 is 0 Å². The molecule has 0 radical (unpaired) electrons. The van der Waals surface area contributed by atoms with E-state index in [2.05, 4.69) is 10.2 Å². The van der Waals surface area contributed by atoms with E-state index in [0.29, 0.717) is 18.2 Å². The highest BCUT2D eigenvalue weighted by Crippen LogP contribution is 2.15. The topological polar surface area (TPSA) is 15.3 Å². The van der Waals surface area contributed by atoms with Crippen molar-refractivity contribution in [3.63, 3.8) is 0 Å². The Hall–Kier alpha value is -1.00. The van der Waals surface area contributed by atoms with Gasteiger partial charge in [0.25, 0.3) is 0 Å². The molecule has 0 aliphatic carbocycles. The molecule has 1 fully saturated rings. The van der Waals surface area contributed by atoms with Crippen molar-refractivity contribution in [2.75, 3.05) is 20.1 Å². The number of halogens is 2. The minimum absolute atomic E-state index is 0.334. The Morgan fingerprint density at radius 3 is 2.94 bits per heavy atom. The molecule has 1 atom stereocenters. The zero-order chi connectivity index (χ0) is 11.5. The molecule has 2 rings (SSSR count). The molecule has 0 spiro atoms. The standard InChI is InChI=1S/C12H16F2N2/c1-16(11-4-5-15-7-11)8-9-6-10(13)2-3-12(9)14/h2-3,6,11,15H,4-5,7-8H2,1H3. The quantitative estimate of drug-likeness (QED) is 0.844. The van der Waals surface area contributed by atoms with E-state index in [0.717, 1.165) is 25.6 Å². The van der Waals surface area contributed by atoms with Gasteiger partial charge in [0, 0.05) is 24.7 Å². The predicted octanol–water partition coefficient (Wildman–Crippen LogP) is 1.76. The van der Waals surface area contributed by atoms with Gasteiger partial charge in [0.05, 0.1) is 0 Å². The summed E-state index contributed by atoms with van der Waals surface area (Å²) in [6.45, 7) is 2.38. The van der Waals surface area contributed by atoms with Gasteiger partial charge in [-0.25, -0.2) is 8.78 Å². The van der Waals surface area contributed by atoms with Crippen LogP contribution < -0.4 is 5.32 Å². The molecule has 1 N–H and O–H groups in total. The monoisotopic (exact) mass is 226 g/mol. The van der Waals surface area contributed by atoms with Crippen molar-refractivity contribution < 1.29 is 8.78 Å². The van der Waals surface area contributed by atoms with Crippen LogP contribution in [-0.2, 0) is 6.54 Å². The summed E-state index contributed by atoms with van der Waals surface area (Å²) in [6, 6.07) is 4.03. The van der Waals surface area contributed by atoms with E-state index in [9.17, 15) is 8.78 Å². The molecule has 0 aromatic heterocycles. The van der Waals surface area contributed by atoms with Gasteiger partial charge in [-0.05, 0) is 38.2 Å². The van der Waals surface area contributed by atoms with Crippen LogP contribution in [0.25, 0.3) is 0 Å². The first-order valence-corrected chi connectivity index (χ1v) is 5.51. The van der Waals surface area contributed by atoms with Crippen molar-refractivity contribution >= 4 is 0 Å². The Kier molecular flexibility index (Phi) is 3.51. The number of likely N-dealkylation sites (N-methyl/N-ethyl adjacent to an activating group) is 1. The summed E-state index contributed by atoms with van der Waals surface area (Å²) >= 11 is 0. The second-order valence-corrected chi connectivity index (χ2v) is 4.30. The molecule has 1 unspecified atom stereocenters. The van der Waals surface area contributed by atoms with Gasteiger partial charge in [0.15, 0.2) is 0 Å². The minimum Gasteiger partial charge on any atom is -0.315 e. The van der Waals surface area contributed by atoms with Crippen LogP contribution in [0.1, 0.15) is 12.0 Å². The molecule has 16 heavy (non-hydrogen) atoms. The lowest BCUT2D eigenvalue weighted by Gasteiger charge is -2.23. The Morgan fingerprint density at radius 2 is 2.25 bits per heavy atom. The lowest BCUT2D eigenvalue weighted by molar-refractivity contribution is 0.245. The molecule has 0 saturated carbocycles. The maximum Gasteiger partial charge on any atom is 0.127 e. The lowest BCUT2D eigenvalue weighted by Crippen LogP contribution is -2.33. The van der Waals surface area contributed by atoms with Gasteiger partial charge in [-0.1, -0.05) is 0 Å². The van der Waals surface area contributed by atoms with Crippen LogP contribution in [0.5, 0.6) is 0 Å². The van der Waals surface area contributed by atoms with E-state index in [4.69, 9.17) is 0 Å². The fourth-order valence-corrected chi connectivity index (χ4v) is 2.08. The number of hydrogen-bond acceptors (Lipinski definition) is 2. The summed E-state index contributed by atoms with van der Waals surface area (Å²) in [4.78, 5) is 2.07. The van der Waals surface area contributed by atoms with Crippen LogP contribution in [0, 0.1) is 11.6 Å². The fourth-order valence-electron chi connectivity index (χ4n) is 2.08. The van der Waals surface area contributed by atoms with Gasteiger partial charge in [-0.2, -0.15) is 0 Å². The average molecular weight is 226 g/mol. The largest absolute Gasteiger partial charge is 0.315 e. The SMILES string of the molecule is CN(Cc1cc(F)ccc1F)C1CCNC1. The summed E-state index contributed by atoms with van der Waals surface area (Å²) in [6.07, 6.45) is 1.06. The lowest BCUT2D eigenvalue weighted by atomic mass is 10.1. The van der Waals surface area contributed by atoms with Gasteiger partial charge in [-0.15, -0.1) is 0 Å². The third kappa shape index (κ3) is 2.57. The normalized spacial score (nSPS) is 20.6. The van der Waals surface area contributed by atoms with Crippen LogP contribution in [-0.4, -0.2) is 31.1 Å². The first-order valence-electron chi connectivity index (χ1n) is 5.51. The molecule has 1 aromatic carbocycles. The Bertz CT molecular complexity index is 362. The number of rotatable bonds is 3. The summed E-state index contributed by atoms with van der Waals surface area (Å²) in [5.41, 5.74) is 0.425. The molecular weight excluding hydrogens is 210 g/mol. The maximum atomic E-state index is 13.4. The molecule has 2 nitrogen and oxygen atoms in total. The number of hydrogen-bond donors (Lipinski definition) is 1. The van der Waals surface area contributed by atoms with Gasteiger partial charge in [0.2, 0.25) is 0 Å². The van der Waals surface area contributed by atoms with E-state index in [1.165, 1.54) is 12.1 Å². The molecule has 0 bridgehead atoms. The van der Waals surface area contributed by atoms with Crippen LogP contribution in [0.2, 0.25) is 0 Å². The van der Waals surface area contributed by atoms with Crippen LogP contribution in [0.15, 0.2) is 18.2 Å². The zero-order valence-electron chi connectivity index (χ0n) is 9.34. The smallest absolute Gasteiger partial charge is 0.127 e. The minimum atomic E-state index is -0.380. The average Bonchev–Trinajstić information content (AvgIpc) is 2.76. The molecule has 0 amide bonds. The molecular formula is C12H16F2N2. The van der Waals surface area contributed by atoms with Crippen molar-refractivity contribution in [1.29, 1.82) is 0 Å². The fraction of sp³-hybridized carbons (Fsp3) is 0.500. The molecule has 1 saturated heterocycles. The molecule has 1 heterocycles. The van der Waals surface area contributed by atoms with E-state index in [-0.39, 0.29) is 11.6 Å². The Balaban J connectivity index is 2.04. The van der Waals surface area contributed by atoms with Gasteiger partial charge in [-0.3, -0.25) is 4.90 Å². The molecule has 1 aromatic rings. The summed E-state index contributed by atoms with van der Waals surface area (Å²) in [5.74, 6) is -0.714. The summed E-state index contributed by atoms with van der Waals surface area (Å²) in [5, 5.41) is 3.26. The Morgan fingerprint density at radius 1 is 1.44 bits per heavy atom. The van der Waals surface area contributed by atoms with E-state index >= 15 is 0 Å². The maximum absolute atomic E-state index is 13.4. The van der Waals surface area contributed by atoms with E-state index in [1.807, 2.05) is 7.05 Å². The van der Waals surface area contributed by atoms with Crippen LogP contribution >= 0.6 is 0 Å². The second-order valence-electron chi connectivity index (χ2n) is 4.30. The summed E-state index contributed by atoms with van der Waals surface area (Å²) in [7, 11) is 1.95. The van der Waals surface area contributed by atoms with Crippen molar-refractivity contribution in [2.24, 2.45) is 0 Å². The molecule has 1 aliphatic heterocycles. The van der Waals surface area contributed by atoms with Crippen LogP contribution in [0.3, 0.4) is 0 Å². The number of nitrogens with one attached hydrogen (secondary N) is 1. The second kappa shape index (κ2) is 4.89. The highest BCUT2D eigenvalue weighted by Gasteiger charge is 2.20. The first kappa shape index (κ1) is 11.5. The van der Waals surface area contributed by atoms with Gasteiger partial charge in [0.1, 0.15) is 11.6 Å². The van der Waals surface area contributed by atoms with Gasteiger partial charge >= 0.3 is 0 Å². The van der Waals surface area contributed by atoms with Crippen molar-refractivity contribution in [3.05, 3.63) is 35.4 Å². The summed E-state index contributed by atoms with van der Waals surface area (Å²) < 4.78 is 26.4. The Labute approximate surface area is 94.3 Å². The highest BCUT2D eigenvalue weighted by atomic mass is 19.1. The molecule has 1 aliphatic rings. The third-order valence-corrected chi connectivity index (χ3v) is 3.09. The number of nitrogens with zero attached hydrogens (tertiary/aromatic N) is 1. The zero-order valence-corrected chi connectivity index (χ0v) is 9.34. The number of benzene rings is 1. The van der Waals surface area contributed by atoms with Crippen molar-refractivity contribution in [1.82, 2.24) is 10.2 Å². The first-order chi connectivity index (χ1) is 7.66.